The number of amides is 2. The van der Waals surface area contributed by atoms with Crippen LogP contribution in [0.5, 0.6) is 0 Å². The minimum Gasteiger partial charge on any atom is -0.481 e. The first-order valence-electron chi connectivity index (χ1n) is 9.80. The Hall–Kier alpha value is -2.77. The Balaban J connectivity index is 2.10. The van der Waals surface area contributed by atoms with Crippen LogP contribution in [0.1, 0.15) is 39.7 Å². The topological polar surface area (TPSA) is 96.4 Å². The van der Waals surface area contributed by atoms with Crippen LogP contribution in [0.3, 0.4) is 0 Å². The summed E-state index contributed by atoms with van der Waals surface area (Å²) in [6.45, 7) is 7.68. The Morgan fingerprint density at radius 3 is 2.38 bits per heavy atom. The van der Waals surface area contributed by atoms with Gasteiger partial charge in [0, 0.05) is 19.6 Å². The number of carbonyl (C=O) groups is 3. The lowest BCUT2D eigenvalue weighted by Crippen LogP contribution is -2.49. The summed E-state index contributed by atoms with van der Waals surface area (Å²) in [5, 5.41) is 9.67. The van der Waals surface area contributed by atoms with Gasteiger partial charge in [0.25, 0.3) is 0 Å². The van der Waals surface area contributed by atoms with Gasteiger partial charge < -0.3 is 24.4 Å². The van der Waals surface area contributed by atoms with Gasteiger partial charge in [0.2, 0.25) is 0 Å². The molecule has 8 nitrogen and oxygen atoms in total. The SMILES string of the molecule is CCCN(C(=O)OC(C)(C)C)C1CN(C(=O)OCc2ccccc2)CC1C(=O)O. The van der Waals surface area contributed by atoms with Crippen molar-refractivity contribution in [2.75, 3.05) is 19.6 Å². The molecule has 2 atom stereocenters. The number of benzene rings is 1. The van der Waals surface area contributed by atoms with Crippen LogP contribution < -0.4 is 0 Å². The molecule has 2 amide bonds. The van der Waals surface area contributed by atoms with Gasteiger partial charge >= 0.3 is 18.2 Å². The van der Waals surface area contributed by atoms with Crippen molar-refractivity contribution < 1.29 is 29.0 Å². The first-order chi connectivity index (χ1) is 13.6. The van der Waals surface area contributed by atoms with Crippen LogP contribution in [0.4, 0.5) is 9.59 Å². The van der Waals surface area contributed by atoms with E-state index in [1.807, 2.05) is 37.3 Å². The maximum Gasteiger partial charge on any atom is 0.410 e. The zero-order valence-corrected chi connectivity index (χ0v) is 17.5. The van der Waals surface area contributed by atoms with Crippen LogP contribution in [-0.4, -0.2) is 64.3 Å². The second-order valence-corrected chi connectivity index (χ2v) is 8.13. The van der Waals surface area contributed by atoms with Crippen LogP contribution in [0.15, 0.2) is 30.3 Å². The fourth-order valence-electron chi connectivity index (χ4n) is 3.26. The Morgan fingerprint density at radius 1 is 1.17 bits per heavy atom. The highest BCUT2D eigenvalue weighted by atomic mass is 16.6. The lowest BCUT2D eigenvalue weighted by Gasteiger charge is -2.32. The van der Waals surface area contributed by atoms with E-state index in [0.717, 1.165) is 5.56 Å². The molecule has 1 aromatic rings. The molecule has 1 aromatic carbocycles. The van der Waals surface area contributed by atoms with Crippen LogP contribution in [0.25, 0.3) is 0 Å². The molecule has 1 saturated heterocycles. The molecular formula is C21H30N2O6. The number of aliphatic carboxylic acids is 1. The molecule has 0 aromatic heterocycles. The van der Waals surface area contributed by atoms with Gasteiger partial charge in [-0.2, -0.15) is 0 Å². The molecule has 1 aliphatic rings. The molecule has 0 radical (unpaired) electrons. The number of carboxylic acid groups (broad SMARTS) is 1. The summed E-state index contributed by atoms with van der Waals surface area (Å²) >= 11 is 0. The maximum absolute atomic E-state index is 12.7. The third kappa shape index (κ3) is 6.37. The second kappa shape index (κ2) is 9.62. The molecular weight excluding hydrogens is 376 g/mol. The molecule has 1 N–H and O–H groups in total. The van der Waals surface area contributed by atoms with Crippen LogP contribution in [-0.2, 0) is 20.9 Å². The van der Waals surface area contributed by atoms with Crippen molar-refractivity contribution in [2.24, 2.45) is 5.92 Å². The Labute approximate surface area is 171 Å². The third-order valence-corrected chi connectivity index (χ3v) is 4.56. The molecule has 1 heterocycles. The number of carboxylic acids is 1. The lowest BCUT2D eigenvalue weighted by molar-refractivity contribution is -0.142. The van der Waals surface area contributed by atoms with E-state index >= 15 is 0 Å². The largest absolute Gasteiger partial charge is 0.481 e. The maximum atomic E-state index is 12.7. The normalized spacial score (nSPS) is 19.0. The molecule has 0 bridgehead atoms. The number of nitrogens with zero attached hydrogens (tertiary/aromatic N) is 2. The summed E-state index contributed by atoms with van der Waals surface area (Å²) in [5.41, 5.74) is 0.141. The minimum atomic E-state index is -1.06. The average Bonchev–Trinajstić information content (AvgIpc) is 3.09. The predicted molar refractivity (Wildman–Crippen MR) is 106 cm³/mol. The number of hydrogen-bond donors (Lipinski definition) is 1. The monoisotopic (exact) mass is 406 g/mol. The van der Waals surface area contributed by atoms with E-state index in [9.17, 15) is 19.5 Å². The van der Waals surface area contributed by atoms with Gasteiger partial charge in [-0.3, -0.25) is 4.79 Å². The Bertz CT molecular complexity index is 716. The summed E-state index contributed by atoms with van der Waals surface area (Å²) in [5.74, 6) is -1.96. The molecule has 0 aliphatic carbocycles. The number of rotatable bonds is 6. The van der Waals surface area contributed by atoms with E-state index < -0.39 is 35.7 Å². The molecule has 0 spiro atoms. The zero-order valence-electron chi connectivity index (χ0n) is 17.5. The Kier molecular flexibility index (Phi) is 7.47. The van der Waals surface area contributed by atoms with Crippen molar-refractivity contribution >= 4 is 18.2 Å². The quantitative estimate of drug-likeness (QED) is 0.778. The first kappa shape index (κ1) is 22.5. The summed E-state index contributed by atoms with van der Waals surface area (Å²) in [6.07, 6.45) is -0.529. The fourth-order valence-corrected chi connectivity index (χ4v) is 3.26. The highest BCUT2D eigenvalue weighted by Gasteiger charge is 2.45. The van der Waals surface area contributed by atoms with Gasteiger partial charge in [0.05, 0.1) is 12.0 Å². The third-order valence-electron chi connectivity index (χ3n) is 4.56. The zero-order chi connectivity index (χ0) is 21.6. The molecule has 0 saturated carbocycles. The van der Waals surface area contributed by atoms with Crippen molar-refractivity contribution in [2.45, 2.75) is 52.4 Å². The van der Waals surface area contributed by atoms with Crippen LogP contribution in [0.2, 0.25) is 0 Å². The minimum absolute atomic E-state index is 0.0172. The van der Waals surface area contributed by atoms with E-state index in [1.165, 1.54) is 9.80 Å². The number of hydrogen-bond acceptors (Lipinski definition) is 5. The van der Waals surface area contributed by atoms with Crippen molar-refractivity contribution in [3.05, 3.63) is 35.9 Å². The molecule has 1 fully saturated rings. The van der Waals surface area contributed by atoms with Gasteiger partial charge in [-0.25, -0.2) is 9.59 Å². The van der Waals surface area contributed by atoms with E-state index in [2.05, 4.69) is 0 Å². The van der Waals surface area contributed by atoms with Crippen molar-refractivity contribution in [1.82, 2.24) is 9.80 Å². The summed E-state index contributed by atoms with van der Waals surface area (Å²) in [7, 11) is 0. The van der Waals surface area contributed by atoms with Crippen molar-refractivity contribution in [3.63, 3.8) is 0 Å². The molecule has 1 aliphatic heterocycles. The van der Waals surface area contributed by atoms with Crippen molar-refractivity contribution in [1.29, 1.82) is 0 Å². The molecule has 2 unspecified atom stereocenters. The van der Waals surface area contributed by atoms with Crippen LogP contribution >= 0.6 is 0 Å². The van der Waals surface area contributed by atoms with Crippen molar-refractivity contribution in [3.8, 4) is 0 Å². The lowest BCUT2D eigenvalue weighted by atomic mass is 10.0. The number of ether oxygens (including phenoxy) is 2. The summed E-state index contributed by atoms with van der Waals surface area (Å²) in [6, 6.07) is 8.56. The molecule has 2 rings (SSSR count). The van der Waals surface area contributed by atoms with E-state index in [1.54, 1.807) is 20.8 Å². The van der Waals surface area contributed by atoms with Crippen LogP contribution in [0, 0.1) is 5.92 Å². The smallest absolute Gasteiger partial charge is 0.410 e. The standard InChI is InChI=1S/C21H30N2O6/c1-5-11-23(20(27)29-21(2,3)4)17-13-22(12-16(17)18(24)25)19(26)28-14-15-9-7-6-8-10-15/h6-10,16-17H,5,11-14H2,1-4H3,(H,24,25). The highest BCUT2D eigenvalue weighted by molar-refractivity contribution is 5.77. The predicted octanol–water partition coefficient (Wildman–Crippen LogP) is 3.36. The highest BCUT2D eigenvalue weighted by Crippen LogP contribution is 2.25. The molecule has 160 valence electrons. The van der Waals surface area contributed by atoms with Gasteiger partial charge in [-0.05, 0) is 32.8 Å². The summed E-state index contributed by atoms with van der Waals surface area (Å²) in [4.78, 5) is 39.7. The fraction of sp³-hybridized carbons (Fsp3) is 0.571. The van der Waals surface area contributed by atoms with Gasteiger partial charge in [0.15, 0.2) is 0 Å². The van der Waals surface area contributed by atoms with E-state index in [0.29, 0.717) is 13.0 Å². The number of likely N-dealkylation sites (tertiary alicyclic amines) is 1. The second-order valence-electron chi connectivity index (χ2n) is 8.13. The first-order valence-corrected chi connectivity index (χ1v) is 9.80. The van der Waals surface area contributed by atoms with Gasteiger partial charge in [-0.1, -0.05) is 37.3 Å². The number of carbonyl (C=O) groups excluding carboxylic acids is 2. The average molecular weight is 406 g/mol. The van der Waals surface area contributed by atoms with Gasteiger partial charge in [-0.15, -0.1) is 0 Å². The van der Waals surface area contributed by atoms with Gasteiger partial charge in [0.1, 0.15) is 12.2 Å². The molecule has 29 heavy (non-hydrogen) atoms. The van der Waals surface area contributed by atoms with E-state index in [-0.39, 0.29) is 19.7 Å². The van der Waals surface area contributed by atoms with E-state index in [4.69, 9.17) is 9.47 Å². The summed E-state index contributed by atoms with van der Waals surface area (Å²) < 4.78 is 10.8. The molecule has 8 heteroatoms. The Morgan fingerprint density at radius 2 is 1.83 bits per heavy atom.